The topological polar surface area (TPSA) is 61.9 Å². The molecule has 0 spiro atoms. The Hall–Kier alpha value is -2.24. The van der Waals surface area contributed by atoms with Crippen LogP contribution in [0.1, 0.15) is 25.0 Å². The molecule has 3 rings (SSSR count). The number of piperazine rings is 1. The Morgan fingerprint density at radius 3 is 2.58 bits per heavy atom. The summed E-state index contributed by atoms with van der Waals surface area (Å²) in [5.41, 5.74) is 2.22. The van der Waals surface area contributed by atoms with Crippen molar-refractivity contribution in [3.05, 3.63) is 29.3 Å². The van der Waals surface area contributed by atoms with E-state index in [1.54, 1.807) is 4.90 Å². The van der Waals surface area contributed by atoms with Crippen LogP contribution in [0.15, 0.2) is 18.2 Å². The number of amides is 3. The van der Waals surface area contributed by atoms with E-state index >= 15 is 0 Å². The SMILES string of the molecule is CC(C)NC(=O)N1CCN(C(=O)Cc2ccc3c(c2)CCO3)CC1. The molecule has 0 aromatic heterocycles. The molecule has 6 nitrogen and oxygen atoms in total. The van der Waals surface area contributed by atoms with Crippen LogP contribution in [-0.4, -0.2) is 60.6 Å². The Morgan fingerprint density at radius 2 is 1.88 bits per heavy atom. The average molecular weight is 331 g/mol. The van der Waals surface area contributed by atoms with E-state index in [1.807, 2.05) is 30.9 Å². The highest BCUT2D eigenvalue weighted by Crippen LogP contribution is 2.26. The molecule has 6 heteroatoms. The number of rotatable bonds is 3. The maximum Gasteiger partial charge on any atom is 0.317 e. The average Bonchev–Trinajstić information content (AvgIpc) is 3.02. The molecule has 2 heterocycles. The number of nitrogens with one attached hydrogen (secondary N) is 1. The minimum absolute atomic E-state index is 0.0456. The van der Waals surface area contributed by atoms with Crippen LogP contribution in [0.3, 0.4) is 0 Å². The fraction of sp³-hybridized carbons (Fsp3) is 0.556. The van der Waals surface area contributed by atoms with Crippen molar-refractivity contribution < 1.29 is 14.3 Å². The van der Waals surface area contributed by atoms with Crippen molar-refractivity contribution in [3.63, 3.8) is 0 Å². The lowest BCUT2D eigenvalue weighted by molar-refractivity contribution is -0.131. The van der Waals surface area contributed by atoms with Crippen LogP contribution in [0.5, 0.6) is 5.75 Å². The zero-order chi connectivity index (χ0) is 17.1. The molecule has 1 aromatic rings. The van der Waals surface area contributed by atoms with Crippen LogP contribution in [0, 0.1) is 0 Å². The summed E-state index contributed by atoms with van der Waals surface area (Å²) < 4.78 is 5.50. The Kier molecular flexibility index (Phi) is 4.92. The minimum atomic E-state index is -0.0456. The normalized spacial score (nSPS) is 16.8. The summed E-state index contributed by atoms with van der Waals surface area (Å²) in [5, 5.41) is 2.89. The quantitative estimate of drug-likeness (QED) is 0.911. The van der Waals surface area contributed by atoms with Gasteiger partial charge in [0.2, 0.25) is 5.91 Å². The molecule has 1 fully saturated rings. The van der Waals surface area contributed by atoms with Crippen LogP contribution in [0.2, 0.25) is 0 Å². The number of hydrogen-bond donors (Lipinski definition) is 1. The number of fused-ring (bicyclic) bond motifs is 1. The van der Waals surface area contributed by atoms with Gasteiger partial charge in [0.25, 0.3) is 0 Å². The molecule has 0 radical (unpaired) electrons. The van der Waals surface area contributed by atoms with Crippen molar-refractivity contribution >= 4 is 11.9 Å². The molecular formula is C18H25N3O3. The summed E-state index contributed by atoms with van der Waals surface area (Å²) in [6.07, 6.45) is 1.33. The van der Waals surface area contributed by atoms with Crippen molar-refractivity contribution in [1.82, 2.24) is 15.1 Å². The minimum Gasteiger partial charge on any atom is -0.493 e. The molecule has 130 valence electrons. The van der Waals surface area contributed by atoms with E-state index in [9.17, 15) is 9.59 Å². The van der Waals surface area contributed by atoms with Crippen molar-refractivity contribution in [2.45, 2.75) is 32.7 Å². The number of hydrogen-bond acceptors (Lipinski definition) is 3. The van der Waals surface area contributed by atoms with Gasteiger partial charge in [-0.15, -0.1) is 0 Å². The molecule has 0 unspecified atom stereocenters. The van der Waals surface area contributed by atoms with Crippen molar-refractivity contribution in [1.29, 1.82) is 0 Å². The van der Waals surface area contributed by atoms with E-state index in [2.05, 4.69) is 11.4 Å². The number of ether oxygens (including phenoxy) is 1. The first-order valence-electron chi connectivity index (χ1n) is 8.61. The molecule has 0 aliphatic carbocycles. The van der Waals surface area contributed by atoms with Gasteiger partial charge in [-0.25, -0.2) is 4.79 Å². The molecule has 1 aromatic carbocycles. The van der Waals surface area contributed by atoms with Gasteiger partial charge in [0.15, 0.2) is 0 Å². The van der Waals surface area contributed by atoms with Gasteiger partial charge in [-0.3, -0.25) is 4.79 Å². The second kappa shape index (κ2) is 7.11. The largest absolute Gasteiger partial charge is 0.493 e. The second-order valence-electron chi connectivity index (χ2n) is 6.69. The van der Waals surface area contributed by atoms with Crippen LogP contribution >= 0.6 is 0 Å². The van der Waals surface area contributed by atoms with Gasteiger partial charge in [0.1, 0.15) is 5.75 Å². The van der Waals surface area contributed by atoms with Crippen LogP contribution in [0.25, 0.3) is 0 Å². The molecular weight excluding hydrogens is 306 g/mol. The van der Waals surface area contributed by atoms with E-state index in [0.717, 1.165) is 24.3 Å². The smallest absolute Gasteiger partial charge is 0.317 e. The Balaban J connectivity index is 1.51. The highest BCUT2D eigenvalue weighted by atomic mass is 16.5. The zero-order valence-corrected chi connectivity index (χ0v) is 14.4. The van der Waals surface area contributed by atoms with E-state index < -0.39 is 0 Å². The van der Waals surface area contributed by atoms with Crippen molar-refractivity contribution in [2.75, 3.05) is 32.8 Å². The van der Waals surface area contributed by atoms with Gasteiger partial charge >= 0.3 is 6.03 Å². The Bertz CT molecular complexity index is 622. The monoisotopic (exact) mass is 331 g/mol. The number of carbonyl (C=O) groups excluding carboxylic acids is 2. The Labute approximate surface area is 142 Å². The first kappa shape index (κ1) is 16.6. The summed E-state index contributed by atoms with van der Waals surface area (Å²) in [6, 6.07) is 6.08. The van der Waals surface area contributed by atoms with Crippen LogP contribution in [-0.2, 0) is 17.6 Å². The lowest BCUT2D eigenvalue weighted by atomic mass is 10.1. The predicted octanol–water partition coefficient (Wildman–Crippen LogP) is 1.43. The fourth-order valence-electron chi connectivity index (χ4n) is 3.13. The van der Waals surface area contributed by atoms with E-state index in [-0.39, 0.29) is 18.0 Å². The maximum atomic E-state index is 12.5. The number of urea groups is 1. The van der Waals surface area contributed by atoms with Gasteiger partial charge in [-0.1, -0.05) is 12.1 Å². The highest BCUT2D eigenvalue weighted by Gasteiger charge is 2.24. The van der Waals surface area contributed by atoms with Crippen LogP contribution in [0.4, 0.5) is 4.79 Å². The van der Waals surface area contributed by atoms with Gasteiger partial charge in [-0.05, 0) is 31.0 Å². The third-order valence-corrected chi connectivity index (χ3v) is 4.44. The number of benzene rings is 1. The third-order valence-electron chi connectivity index (χ3n) is 4.44. The number of carbonyl (C=O) groups is 2. The van der Waals surface area contributed by atoms with Gasteiger partial charge in [-0.2, -0.15) is 0 Å². The first-order valence-corrected chi connectivity index (χ1v) is 8.61. The summed E-state index contributed by atoms with van der Waals surface area (Å²) in [6.45, 7) is 6.98. The zero-order valence-electron chi connectivity index (χ0n) is 14.4. The molecule has 3 amide bonds. The molecule has 0 saturated carbocycles. The molecule has 24 heavy (non-hydrogen) atoms. The van der Waals surface area contributed by atoms with E-state index in [1.165, 1.54) is 5.56 Å². The summed E-state index contributed by atoms with van der Waals surface area (Å²) in [5.74, 6) is 1.06. The number of nitrogens with zero attached hydrogens (tertiary/aromatic N) is 2. The standard InChI is InChI=1S/C18H25N3O3/c1-13(2)19-18(23)21-8-6-20(7-9-21)17(22)12-14-3-4-16-15(11-14)5-10-24-16/h3-4,11,13H,5-10,12H2,1-2H3,(H,19,23). The lowest BCUT2D eigenvalue weighted by Crippen LogP contribution is -2.54. The van der Waals surface area contributed by atoms with Crippen LogP contribution < -0.4 is 10.1 Å². The van der Waals surface area contributed by atoms with Crippen molar-refractivity contribution in [2.24, 2.45) is 0 Å². The van der Waals surface area contributed by atoms with Gasteiger partial charge < -0.3 is 19.9 Å². The maximum absolute atomic E-state index is 12.5. The van der Waals surface area contributed by atoms with E-state index in [4.69, 9.17) is 4.74 Å². The molecule has 0 atom stereocenters. The first-order chi connectivity index (χ1) is 11.5. The molecule has 1 N–H and O–H groups in total. The lowest BCUT2D eigenvalue weighted by Gasteiger charge is -2.35. The second-order valence-corrected chi connectivity index (χ2v) is 6.69. The third kappa shape index (κ3) is 3.80. The molecule has 2 aliphatic rings. The fourth-order valence-corrected chi connectivity index (χ4v) is 3.13. The molecule has 0 bridgehead atoms. The predicted molar refractivity (Wildman–Crippen MR) is 91.2 cm³/mol. The summed E-state index contributed by atoms with van der Waals surface area (Å²) in [7, 11) is 0. The molecule has 2 aliphatic heterocycles. The van der Waals surface area contributed by atoms with Gasteiger partial charge in [0, 0.05) is 38.6 Å². The van der Waals surface area contributed by atoms with E-state index in [0.29, 0.717) is 32.6 Å². The summed E-state index contributed by atoms with van der Waals surface area (Å²) in [4.78, 5) is 28.1. The highest BCUT2D eigenvalue weighted by molar-refractivity contribution is 5.80. The Morgan fingerprint density at radius 1 is 1.17 bits per heavy atom. The van der Waals surface area contributed by atoms with Gasteiger partial charge in [0.05, 0.1) is 13.0 Å². The molecule has 1 saturated heterocycles. The summed E-state index contributed by atoms with van der Waals surface area (Å²) >= 11 is 0. The van der Waals surface area contributed by atoms with Crippen molar-refractivity contribution in [3.8, 4) is 5.75 Å².